The zero-order chi connectivity index (χ0) is 25.9. The first-order chi connectivity index (χ1) is 17.1. The molecule has 0 saturated carbocycles. The van der Waals surface area contributed by atoms with Gasteiger partial charge in [-0.25, -0.2) is 19.6 Å². The number of nitrogens with zero attached hydrogens (tertiary/aromatic N) is 4. The minimum Gasteiger partial charge on any atom is -0.444 e. The normalized spacial score (nSPS) is 17.9. The van der Waals surface area contributed by atoms with E-state index in [-0.39, 0.29) is 18.2 Å². The molecule has 194 valence electrons. The molecular formula is C26H36N6O4. The highest BCUT2D eigenvalue weighted by Gasteiger charge is 2.32. The maximum atomic E-state index is 12.8. The summed E-state index contributed by atoms with van der Waals surface area (Å²) >= 11 is 0. The molecule has 1 aromatic heterocycles. The number of carbonyl (C=O) groups is 2. The van der Waals surface area contributed by atoms with Gasteiger partial charge < -0.3 is 29.9 Å². The molecule has 10 nitrogen and oxygen atoms in total. The molecule has 2 aliphatic rings. The Morgan fingerprint density at radius 1 is 1.17 bits per heavy atom. The number of hydrogen-bond donors (Lipinski definition) is 2. The number of ether oxygens (including phenoxy) is 2. The van der Waals surface area contributed by atoms with E-state index in [4.69, 9.17) is 19.4 Å². The molecular weight excluding hydrogens is 460 g/mol. The van der Waals surface area contributed by atoms with E-state index in [1.807, 2.05) is 52.0 Å². The molecule has 3 amide bonds. The lowest BCUT2D eigenvalue weighted by Gasteiger charge is -2.38. The fourth-order valence-corrected chi connectivity index (χ4v) is 4.34. The van der Waals surface area contributed by atoms with Crippen molar-refractivity contribution in [3.05, 3.63) is 35.5 Å². The van der Waals surface area contributed by atoms with Crippen molar-refractivity contribution >= 4 is 23.6 Å². The Morgan fingerprint density at radius 3 is 2.58 bits per heavy atom. The smallest absolute Gasteiger partial charge is 0.410 e. The number of urea groups is 1. The Balaban J connectivity index is 1.67. The van der Waals surface area contributed by atoms with Gasteiger partial charge in [-0.1, -0.05) is 0 Å². The van der Waals surface area contributed by atoms with E-state index in [0.29, 0.717) is 50.8 Å². The van der Waals surface area contributed by atoms with Crippen LogP contribution in [0.1, 0.15) is 45.9 Å². The first kappa shape index (κ1) is 25.7. The number of carbonyl (C=O) groups excluding carboxylic acids is 2. The van der Waals surface area contributed by atoms with Crippen LogP contribution in [0, 0.1) is 0 Å². The van der Waals surface area contributed by atoms with E-state index in [1.54, 1.807) is 4.90 Å². The van der Waals surface area contributed by atoms with Crippen molar-refractivity contribution in [3.63, 3.8) is 0 Å². The summed E-state index contributed by atoms with van der Waals surface area (Å²) in [6.45, 7) is 13.1. The standard InChI is InChI=1S/C26H36N6O4/c1-6-27-24(33)28-19-9-7-18(8-10-19)22-29-21-15-31(25(34)36-26(3,4)5)12-11-20(21)23(30-22)32-13-14-35-16-17(32)2/h7-10,17H,6,11-16H2,1-5H3,(H2,27,28,33)/t17-/m1/s1. The van der Waals surface area contributed by atoms with Gasteiger partial charge >= 0.3 is 12.1 Å². The van der Waals surface area contributed by atoms with Crippen LogP contribution in [-0.4, -0.2) is 71.5 Å². The van der Waals surface area contributed by atoms with Gasteiger partial charge in [-0.05, 0) is 65.3 Å². The van der Waals surface area contributed by atoms with Gasteiger partial charge in [0.2, 0.25) is 0 Å². The second kappa shape index (κ2) is 10.7. The summed E-state index contributed by atoms with van der Waals surface area (Å²) in [5, 5.41) is 5.52. The lowest BCUT2D eigenvalue weighted by atomic mass is 10.0. The molecule has 0 spiro atoms. The molecule has 0 radical (unpaired) electrons. The molecule has 4 rings (SSSR count). The third kappa shape index (κ3) is 6.04. The van der Waals surface area contributed by atoms with Crippen LogP contribution in [-0.2, 0) is 22.4 Å². The lowest BCUT2D eigenvalue weighted by molar-refractivity contribution is 0.0220. The molecule has 10 heteroatoms. The van der Waals surface area contributed by atoms with Gasteiger partial charge in [0.05, 0.1) is 31.5 Å². The Hall–Kier alpha value is -3.40. The van der Waals surface area contributed by atoms with Crippen molar-refractivity contribution < 1.29 is 19.1 Å². The van der Waals surface area contributed by atoms with Crippen LogP contribution in [0.4, 0.5) is 21.1 Å². The monoisotopic (exact) mass is 496 g/mol. The van der Waals surface area contributed by atoms with Crippen molar-refractivity contribution in [1.82, 2.24) is 20.2 Å². The number of fused-ring (bicyclic) bond motifs is 1. The molecule has 3 heterocycles. The zero-order valence-electron chi connectivity index (χ0n) is 21.8. The number of aromatic nitrogens is 2. The van der Waals surface area contributed by atoms with Gasteiger partial charge in [-0.15, -0.1) is 0 Å². The Kier molecular flexibility index (Phi) is 7.63. The Bertz CT molecular complexity index is 1100. The lowest BCUT2D eigenvalue weighted by Crippen LogP contribution is -2.46. The van der Waals surface area contributed by atoms with Crippen molar-refractivity contribution in [3.8, 4) is 11.4 Å². The number of hydrogen-bond acceptors (Lipinski definition) is 7. The summed E-state index contributed by atoms with van der Waals surface area (Å²) in [4.78, 5) is 38.5. The maximum Gasteiger partial charge on any atom is 0.410 e. The molecule has 0 bridgehead atoms. The van der Waals surface area contributed by atoms with Crippen molar-refractivity contribution in [2.45, 2.75) is 59.2 Å². The van der Waals surface area contributed by atoms with Gasteiger partial charge in [0.1, 0.15) is 11.4 Å². The van der Waals surface area contributed by atoms with Gasteiger partial charge in [0.25, 0.3) is 0 Å². The second-order valence-corrected chi connectivity index (χ2v) is 10.1. The van der Waals surface area contributed by atoms with Crippen LogP contribution < -0.4 is 15.5 Å². The van der Waals surface area contributed by atoms with E-state index < -0.39 is 5.60 Å². The molecule has 0 unspecified atom stereocenters. The summed E-state index contributed by atoms with van der Waals surface area (Å²) in [6, 6.07) is 7.38. The van der Waals surface area contributed by atoms with Crippen molar-refractivity contribution in [2.75, 3.05) is 43.1 Å². The summed E-state index contributed by atoms with van der Waals surface area (Å²) < 4.78 is 11.3. The number of rotatable bonds is 4. The van der Waals surface area contributed by atoms with Crippen LogP contribution >= 0.6 is 0 Å². The number of nitrogens with one attached hydrogen (secondary N) is 2. The minimum atomic E-state index is -0.563. The molecule has 1 saturated heterocycles. The quantitative estimate of drug-likeness (QED) is 0.663. The topological polar surface area (TPSA) is 109 Å². The van der Waals surface area contributed by atoms with Gasteiger partial charge in [-0.2, -0.15) is 0 Å². The molecule has 1 fully saturated rings. The van der Waals surface area contributed by atoms with Crippen molar-refractivity contribution in [2.24, 2.45) is 0 Å². The molecule has 2 N–H and O–H groups in total. The Labute approximate surface area is 212 Å². The minimum absolute atomic E-state index is 0.179. The number of amides is 3. The van der Waals surface area contributed by atoms with E-state index in [9.17, 15) is 9.59 Å². The third-order valence-corrected chi connectivity index (χ3v) is 6.07. The van der Waals surface area contributed by atoms with Crippen LogP contribution in [0.2, 0.25) is 0 Å². The largest absolute Gasteiger partial charge is 0.444 e. The highest BCUT2D eigenvalue weighted by Crippen LogP contribution is 2.32. The third-order valence-electron chi connectivity index (χ3n) is 6.07. The zero-order valence-corrected chi connectivity index (χ0v) is 21.8. The fraction of sp³-hybridized carbons (Fsp3) is 0.538. The molecule has 36 heavy (non-hydrogen) atoms. The maximum absolute atomic E-state index is 12.8. The Morgan fingerprint density at radius 2 is 1.92 bits per heavy atom. The average molecular weight is 497 g/mol. The SMILES string of the molecule is CCNC(=O)Nc1ccc(-c2nc3c(c(N4CCOC[C@H]4C)n2)CCN(C(=O)OC(C)(C)C)C3)cc1. The van der Waals surface area contributed by atoms with E-state index >= 15 is 0 Å². The van der Waals surface area contributed by atoms with E-state index in [0.717, 1.165) is 29.2 Å². The molecule has 2 aliphatic heterocycles. The highest BCUT2D eigenvalue weighted by atomic mass is 16.6. The first-order valence-corrected chi connectivity index (χ1v) is 12.5. The summed E-state index contributed by atoms with van der Waals surface area (Å²) in [7, 11) is 0. The van der Waals surface area contributed by atoms with Crippen LogP contribution in [0.3, 0.4) is 0 Å². The summed E-state index contributed by atoms with van der Waals surface area (Å²) in [6.07, 6.45) is 0.319. The second-order valence-electron chi connectivity index (χ2n) is 10.1. The van der Waals surface area contributed by atoms with Crippen LogP contribution in [0.15, 0.2) is 24.3 Å². The van der Waals surface area contributed by atoms with E-state index in [1.165, 1.54) is 0 Å². The predicted octanol–water partition coefficient (Wildman–Crippen LogP) is 3.80. The summed E-state index contributed by atoms with van der Waals surface area (Å²) in [5.41, 5.74) is 2.85. The van der Waals surface area contributed by atoms with E-state index in [2.05, 4.69) is 22.5 Å². The highest BCUT2D eigenvalue weighted by molar-refractivity contribution is 5.89. The molecule has 1 aromatic carbocycles. The molecule has 2 aromatic rings. The number of anilines is 2. The van der Waals surface area contributed by atoms with Gasteiger partial charge in [0.15, 0.2) is 5.82 Å². The first-order valence-electron chi connectivity index (χ1n) is 12.5. The fourth-order valence-electron chi connectivity index (χ4n) is 4.34. The van der Waals surface area contributed by atoms with Gasteiger partial charge in [-0.3, -0.25) is 0 Å². The summed E-state index contributed by atoms with van der Waals surface area (Å²) in [5.74, 6) is 1.48. The van der Waals surface area contributed by atoms with Gasteiger partial charge in [0, 0.05) is 36.4 Å². The number of morpholine rings is 1. The van der Waals surface area contributed by atoms with Crippen LogP contribution in [0.5, 0.6) is 0 Å². The average Bonchev–Trinajstić information content (AvgIpc) is 2.83. The predicted molar refractivity (Wildman–Crippen MR) is 138 cm³/mol. The van der Waals surface area contributed by atoms with Crippen molar-refractivity contribution in [1.29, 1.82) is 0 Å². The number of benzene rings is 1. The van der Waals surface area contributed by atoms with Crippen LogP contribution in [0.25, 0.3) is 11.4 Å². The molecule has 1 atom stereocenters. The molecule has 0 aliphatic carbocycles.